The lowest BCUT2D eigenvalue weighted by molar-refractivity contribution is -0.385. The summed E-state index contributed by atoms with van der Waals surface area (Å²) in [7, 11) is 1.60. The number of rotatable bonds is 5. The summed E-state index contributed by atoms with van der Waals surface area (Å²) in [6.07, 6.45) is 0. The van der Waals surface area contributed by atoms with E-state index in [0.717, 1.165) is 11.3 Å². The maximum Gasteiger partial charge on any atom is 0.273 e. The number of carbonyl (C=O) groups is 1. The second-order valence-corrected chi connectivity index (χ2v) is 6.64. The van der Waals surface area contributed by atoms with Gasteiger partial charge in [0.15, 0.2) is 5.58 Å². The Morgan fingerprint density at radius 3 is 2.57 bits per heavy atom. The van der Waals surface area contributed by atoms with Gasteiger partial charge in [0.25, 0.3) is 11.6 Å². The largest absolute Gasteiger partial charge is 0.497 e. The molecule has 4 rings (SSSR count). The van der Waals surface area contributed by atoms with Crippen molar-refractivity contribution < 1.29 is 18.9 Å². The molecule has 0 aliphatic heterocycles. The molecule has 0 saturated carbocycles. The predicted octanol–water partition coefficient (Wildman–Crippen LogP) is 4.97. The fourth-order valence-electron chi connectivity index (χ4n) is 3.01. The van der Waals surface area contributed by atoms with E-state index >= 15 is 0 Å². The van der Waals surface area contributed by atoms with Crippen LogP contribution in [0.15, 0.2) is 65.1 Å². The van der Waals surface area contributed by atoms with Gasteiger partial charge in [0, 0.05) is 28.4 Å². The van der Waals surface area contributed by atoms with Crippen molar-refractivity contribution in [1.82, 2.24) is 4.98 Å². The molecule has 0 bridgehead atoms. The summed E-state index contributed by atoms with van der Waals surface area (Å²) in [5.41, 5.74) is 3.05. The van der Waals surface area contributed by atoms with E-state index in [0.29, 0.717) is 28.2 Å². The Kier molecular flexibility index (Phi) is 4.89. The highest BCUT2D eigenvalue weighted by molar-refractivity contribution is 6.05. The van der Waals surface area contributed by atoms with Crippen LogP contribution in [0.1, 0.15) is 15.9 Å². The van der Waals surface area contributed by atoms with Crippen LogP contribution in [-0.4, -0.2) is 22.9 Å². The van der Waals surface area contributed by atoms with E-state index < -0.39 is 10.8 Å². The standard InChI is InChI=1S/C22H17N3O5/c1-13-3-4-15(11-19(13)25(27)28)21(26)23-16-7-10-20-18(12-16)24-22(30-20)14-5-8-17(29-2)9-6-14/h3-12H,1-2H3,(H,23,26). The lowest BCUT2D eigenvalue weighted by Crippen LogP contribution is -2.12. The zero-order valence-electron chi connectivity index (χ0n) is 16.2. The first-order valence-electron chi connectivity index (χ1n) is 9.06. The number of nitrogens with zero attached hydrogens (tertiary/aromatic N) is 2. The number of nitrogens with one attached hydrogen (secondary N) is 1. The average Bonchev–Trinajstić information content (AvgIpc) is 3.17. The fraction of sp³-hybridized carbons (Fsp3) is 0.0909. The number of aromatic nitrogens is 1. The molecule has 1 heterocycles. The molecule has 1 N–H and O–H groups in total. The molecule has 30 heavy (non-hydrogen) atoms. The van der Waals surface area contributed by atoms with Crippen molar-refractivity contribution in [3.05, 3.63) is 81.9 Å². The van der Waals surface area contributed by atoms with Crippen molar-refractivity contribution in [2.45, 2.75) is 6.92 Å². The summed E-state index contributed by atoms with van der Waals surface area (Å²) in [4.78, 5) is 27.6. The quantitative estimate of drug-likeness (QED) is 0.372. The van der Waals surface area contributed by atoms with Crippen LogP contribution in [0.2, 0.25) is 0 Å². The van der Waals surface area contributed by atoms with Crippen molar-refractivity contribution in [2.24, 2.45) is 0 Å². The van der Waals surface area contributed by atoms with Gasteiger partial charge in [0.1, 0.15) is 11.3 Å². The number of amides is 1. The Morgan fingerprint density at radius 2 is 1.87 bits per heavy atom. The van der Waals surface area contributed by atoms with Gasteiger partial charge in [-0.1, -0.05) is 6.07 Å². The average molecular weight is 403 g/mol. The van der Waals surface area contributed by atoms with E-state index in [-0.39, 0.29) is 11.3 Å². The maximum absolute atomic E-state index is 12.5. The van der Waals surface area contributed by atoms with E-state index in [1.54, 1.807) is 44.4 Å². The summed E-state index contributed by atoms with van der Waals surface area (Å²) in [6.45, 7) is 1.62. The SMILES string of the molecule is COc1ccc(-c2nc3cc(NC(=O)c4ccc(C)c([N+](=O)[O-])c4)ccc3o2)cc1. The molecule has 8 nitrogen and oxygen atoms in total. The van der Waals surface area contributed by atoms with Crippen LogP contribution in [0, 0.1) is 17.0 Å². The Bertz CT molecular complexity index is 1260. The minimum absolute atomic E-state index is 0.0984. The molecular formula is C22H17N3O5. The molecule has 1 aromatic heterocycles. The van der Waals surface area contributed by atoms with Crippen LogP contribution in [0.3, 0.4) is 0 Å². The molecular weight excluding hydrogens is 386 g/mol. The van der Waals surface area contributed by atoms with Crippen molar-refractivity contribution in [1.29, 1.82) is 0 Å². The molecule has 0 spiro atoms. The number of hydrogen-bond donors (Lipinski definition) is 1. The van der Waals surface area contributed by atoms with E-state index in [1.165, 1.54) is 6.07 Å². The highest BCUT2D eigenvalue weighted by atomic mass is 16.6. The van der Waals surface area contributed by atoms with Gasteiger partial charge in [-0.3, -0.25) is 14.9 Å². The van der Waals surface area contributed by atoms with Gasteiger partial charge in [-0.2, -0.15) is 0 Å². The summed E-state index contributed by atoms with van der Waals surface area (Å²) >= 11 is 0. The number of carbonyl (C=O) groups excluding carboxylic acids is 1. The third-order valence-corrected chi connectivity index (χ3v) is 4.65. The van der Waals surface area contributed by atoms with E-state index in [9.17, 15) is 14.9 Å². The molecule has 0 atom stereocenters. The molecule has 0 radical (unpaired) electrons. The summed E-state index contributed by atoms with van der Waals surface area (Å²) in [5, 5.41) is 13.8. The molecule has 0 unspecified atom stereocenters. The van der Waals surface area contributed by atoms with Crippen LogP contribution < -0.4 is 10.1 Å². The van der Waals surface area contributed by atoms with Crippen molar-refractivity contribution in [2.75, 3.05) is 12.4 Å². The molecule has 1 amide bonds. The molecule has 0 aliphatic carbocycles. The second-order valence-electron chi connectivity index (χ2n) is 6.64. The molecule has 0 fully saturated rings. The first-order valence-corrected chi connectivity index (χ1v) is 9.06. The topological polar surface area (TPSA) is 108 Å². The number of fused-ring (bicyclic) bond motifs is 1. The monoisotopic (exact) mass is 403 g/mol. The van der Waals surface area contributed by atoms with Crippen LogP contribution in [0.5, 0.6) is 5.75 Å². The predicted molar refractivity (Wildman–Crippen MR) is 112 cm³/mol. The number of nitro groups is 1. The van der Waals surface area contributed by atoms with Crippen molar-refractivity contribution in [3.63, 3.8) is 0 Å². The number of methoxy groups -OCH3 is 1. The molecule has 0 saturated heterocycles. The molecule has 150 valence electrons. The summed E-state index contributed by atoms with van der Waals surface area (Å²) in [6, 6.07) is 16.8. The first-order chi connectivity index (χ1) is 14.4. The maximum atomic E-state index is 12.5. The molecule has 0 aliphatic rings. The summed E-state index contributed by atoms with van der Waals surface area (Å²) in [5.74, 6) is 0.734. The highest BCUT2D eigenvalue weighted by Crippen LogP contribution is 2.28. The number of oxazole rings is 1. The smallest absolute Gasteiger partial charge is 0.273 e. The van der Waals surface area contributed by atoms with Gasteiger partial charge < -0.3 is 14.5 Å². The molecule has 4 aromatic rings. The number of benzene rings is 3. The van der Waals surface area contributed by atoms with E-state index in [2.05, 4.69) is 10.3 Å². The normalized spacial score (nSPS) is 10.7. The lowest BCUT2D eigenvalue weighted by atomic mass is 10.1. The number of hydrogen-bond acceptors (Lipinski definition) is 6. The van der Waals surface area contributed by atoms with Crippen molar-refractivity contribution >= 4 is 28.4 Å². The molecule has 3 aromatic carbocycles. The van der Waals surface area contributed by atoms with Gasteiger partial charge >= 0.3 is 0 Å². The van der Waals surface area contributed by atoms with Crippen LogP contribution >= 0.6 is 0 Å². The number of nitro benzene ring substituents is 1. The number of aryl methyl sites for hydroxylation is 1. The lowest BCUT2D eigenvalue weighted by Gasteiger charge is -2.06. The highest BCUT2D eigenvalue weighted by Gasteiger charge is 2.16. The third-order valence-electron chi connectivity index (χ3n) is 4.65. The van der Waals surface area contributed by atoms with Gasteiger partial charge in [-0.25, -0.2) is 4.98 Å². The molecule has 8 heteroatoms. The van der Waals surface area contributed by atoms with Crippen LogP contribution in [0.4, 0.5) is 11.4 Å². The van der Waals surface area contributed by atoms with Crippen molar-refractivity contribution in [3.8, 4) is 17.2 Å². The van der Waals surface area contributed by atoms with E-state index in [4.69, 9.17) is 9.15 Å². The van der Waals surface area contributed by atoms with Crippen LogP contribution in [0.25, 0.3) is 22.6 Å². The second kappa shape index (κ2) is 7.67. The number of ether oxygens (including phenoxy) is 1. The minimum Gasteiger partial charge on any atom is -0.497 e. The Hall–Kier alpha value is -4.20. The van der Waals surface area contributed by atoms with Crippen LogP contribution in [-0.2, 0) is 0 Å². The Labute approximate surface area is 171 Å². The van der Waals surface area contributed by atoms with Gasteiger partial charge in [0.2, 0.25) is 5.89 Å². The zero-order valence-corrected chi connectivity index (χ0v) is 16.2. The minimum atomic E-state index is -0.506. The summed E-state index contributed by atoms with van der Waals surface area (Å²) < 4.78 is 10.9. The van der Waals surface area contributed by atoms with Gasteiger partial charge in [-0.15, -0.1) is 0 Å². The van der Waals surface area contributed by atoms with Gasteiger partial charge in [0.05, 0.1) is 12.0 Å². The third kappa shape index (κ3) is 3.70. The zero-order chi connectivity index (χ0) is 21.3. The number of anilines is 1. The fourth-order valence-corrected chi connectivity index (χ4v) is 3.01. The first kappa shape index (κ1) is 19.1. The van der Waals surface area contributed by atoms with E-state index in [1.807, 2.05) is 24.3 Å². The Balaban J connectivity index is 1.58. The van der Waals surface area contributed by atoms with Gasteiger partial charge in [-0.05, 0) is 55.5 Å². The Morgan fingerprint density at radius 1 is 1.10 bits per heavy atom.